The Morgan fingerprint density at radius 3 is 3.18 bits per heavy atom. The monoisotopic (exact) mass is 316 g/mol. The number of hydrogen-bond donors (Lipinski definition) is 1. The Balaban J connectivity index is 1.64. The van der Waals surface area contributed by atoms with E-state index >= 15 is 0 Å². The summed E-state index contributed by atoms with van der Waals surface area (Å²) < 4.78 is 11.4. The number of rotatable bonds is 3. The second-order valence-electron chi connectivity index (χ2n) is 5.15. The highest BCUT2D eigenvalue weighted by molar-refractivity contribution is 7.15. The molecule has 1 aliphatic heterocycles. The highest BCUT2D eigenvalue weighted by Crippen LogP contribution is 2.31. The number of benzene rings is 1. The fraction of sp³-hybridized carbons (Fsp3) is 0.333. The van der Waals surface area contributed by atoms with Crippen LogP contribution in [-0.2, 0) is 13.0 Å². The Hall–Kier alpha value is -2.28. The average molecular weight is 316 g/mol. The van der Waals surface area contributed by atoms with E-state index in [1.165, 1.54) is 4.88 Å². The number of ether oxygens (including phenoxy) is 1. The molecule has 1 aromatic carbocycles. The Labute approximate surface area is 131 Å². The molecule has 4 rings (SSSR count). The van der Waals surface area contributed by atoms with E-state index in [4.69, 9.17) is 14.9 Å². The van der Waals surface area contributed by atoms with Crippen LogP contribution in [0.25, 0.3) is 11.1 Å². The van der Waals surface area contributed by atoms with E-state index in [0.29, 0.717) is 17.8 Å². The summed E-state index contributed by atoms with van der Waals surface area (Å²) in [6.07, 6.45) is 0.867. The van der Waals surface area contributed by atoms with Gasteiger partial charge in [0, 0.05) is 23.9 Å². The highest BCUT2D eigenvalue weighted by Gasteiger charge is 2.23. The van der Waals surface area contributed by atoms with Crippen LogP contribution in [-0.4, -0.2) is 23.1 Å². The fourth-order valence-electron chi connectivity index (χ4n) is 2.67. The molecule has 0 bridgehead atoms. The van der Waals surface area contributed by atoms with Gasteiger partial charge in [-0.05, 0) is 19.1 Å². The fourth-order valence-corrected chi connectivity index (χ4v) is 3.56. The summed E-state index contributed by atoms with van der Waals surface area (Å²) in [5.74, 6) is 0.811. The SMILES string of the molecule is CCOc1ccc2oc(N3CCc4nc(N)sc4C3)nc2c1. The number of anilines is 2. The zero-order valence-electron chi connectivity index (χ0n) is 12.2. The van der Waals surface area contributed by atoms with Crippen LogP contribution in [0.3, 0.4) is 0 Å². The largest absolute Gasteiger partial charge is 0.494 e. The predicted molar refractivity (Wildman–Crippen MR) is 86.5 cm³/mol. The molecule has 3 aromatic rings. The number of fused-ring (bicyclic) bond motifs is 2. The number of hydrogen-bond acceptors (Lipinski definition) is 7. The van der Waals surface area contributed by atoms with Crippen LogP contribution in [0.5, 0.6) is 5.75 Å². The van der Waals surface area contributed by atoms with Crippen molar-refractivity contribution in [3.05, 3.63) is 28.8 Å². The van der Waals surface area contributed by atoms with Crippen LogP contribution in [0.15, 0.2) is 22.6 Å². The number of aromatic nitrogens is 2. The summed E-state index contributed by atoms with van der Waals surface area (Å²) in [6.45, 7) is 4.18. The maximum absolute atomic E-state index is 5.87. The van der Waals surface area contributed by atoms with Gasteiger partial charge in [0.25, 0.3) is 6.01 Å². The van der Waals surface area contributed by atoms with Crippen LogP contribution in [0.4, 0.5) is 11.1 Å². The molecule has 114 valence electrons. The summed E-state index contributed by atoms with van der Waals surface area (Å²) in [4.78, 5) is 12.3. The first-order valence-electron chi connectivity index (χ1n) is 7.25. The molecule has 0 unspecified atom stereocenters. The minimum atomic E-state index is 0.630. The van der Waals surface area contributed by atoms with Crippen LogP contribution < -0.4 is 15.4 Å². The van der Waals surface area contributed by atoms with Crippen molar-refractivity contribution in [1.82, 2.24) is 9.97 Å². The zero-order chi connectivity index (χ0) is 15.1. The van der Waals surface area contributed by atoms with E-state index in [1.807, 2.05) is 25.1 Å². The average Bonchev–Trinajstić information content (AvgIpc) is 3.08. The third-order valence-electron chi connectivity index (χ3n) is 3.68. The minimum Gasteiger partial charge on any atom is -0.494 e. The van der Waals surface area contributed by atoms with E-state index in [9.17, 15) is 0 Å². The van der Waals surface area contributed by atoms with Gasteiger partial charge in [-0.25, -0.2) is 4.98 Å². The number of nitrogens with two attached hydrogens (primary N) is 1. The zero-order valence-corrected chi connectivity index (χ0v) is 13.0. The molecule has 0 aliphatic carbocycles. The molecule has 2 N–H and O–H groups in total. The molecule has 1 aliphatic rings. The number of nitrogens with zero attached hydrogens (tertiary/aromatic N) is 3. The molecule has 7 heteroatoms. The van der Waals surface area contributed by atoms with Gasteiger partial charge >= 0.3 is 0 Å². The molecule has 0 spiro atoms. The van der Waals surface area contributed by atoms with Crippen molar-refractivity contribution in [2.24, 2.45) is 0 Å². The van der Waals surface area contributed by atoms with Crippen molar-refractivity contribution in [1.29, 1.82) is 0 Å². The molecule has 2 aromatic heterocycles. The van der Waals surface area contributed by atoms with Gasteiger partial charge in [0.05, 0.1) is 18.8 Å². The van der Waals surface area contributed by atoms with Crippen molar-refractivity contribution in [3.8, 4) is 5.75 Å². The Morgan fingerprint density at radius 1 is 1.41 bits per heavy atom. The van der Waals surface area contributed by atoms with Crippen LogP contribution in [0, 0.1) is 0 Å². The lowest BCUT2D eigenvalue weighted by atomic mass is 10.2. The molecule has 0 saturated heterocycles. The van der Waals surface area contributed by atoms with Crippen molar-refractivity contribution >= 4 is 33.6 Å². The van der Waals surface area contributed by atoms with Gasteiger partial charge in [-0.2, -0.15) is 4.98 Å². The summed E-state index contributed by atoms with van der Waals surface area (Å²) in [5, 5.41) is 0.630. The molecule has 0 radical (unpaired) electrons. The molecule has 6 nitrogen and oxygen atoms in total. The Kier molecular flexibility index (Phi) is 3.15. The summed E-state index contributed by atoms with van der Waals surface area (Å²) >= 11 is 1.54. The van der Waals surface area contributed by atoms with Crippen LogP contribution in [0.2, 0.25) is 0 Å². The first-order chi connectivity index (χ1) is 10.7. The minimum absolute atomic E-state index is 0.630. The predicted octanol–water partition coefficient (Wildman–Crippen LogP) is 2.83. The second-order valence-corrected chi connectivity index (χ2v) is 6.27. The molecule has 3 heterocycles. The smallest absolute Gasteiger partial charge is 0.298 e. The molecule has 0 fully saturated rings. The first-order valence-corrected chi connectivity index (χ1v) is 8.07. The third-order valence-corrected chi connectivity index (χ3v) is 4.59. The summed E-state index contributed by atoms with van der Waals surface area (Å²) in [5.41, 5.74) is 8.48. The van der Waals surface area contributed by atoms with E-state index in [1.54, 1.807) is 11.3 Å². The van der Waals surface area contributed by atoms with Crippen LogP contribution in [0.1, 0.15) is 17.5 Å². The highest BCUT2D eigenvalue weighted by atomic mass is 32.1. The normalized spacial score (nSPS) is 14.3. The molecular weight excluding hydrogens is 300 g/mol. The molecule has 22 heavy (non-hydrogen) atoms. The maximum atomic E-state index is 5.87. The lowest BCUT2D eigenvalue weighted by Crippen LogP contribution is -2.29. The van der Waals surface area contributed by atoms with Gasteiger partial charge in [-0.3, -0.25) is 0 Å². The Bertz CT molecular complexity index is 826. The molecule has 0 saturated carbocycles. The first kappa shape index (κ1) is 13.4. The van der Waals surface area contributed by atoms with Gasteiger partial charge in [-0.1, -0.05) is 0 Å². The molecule has 0 amide bonds. The van der Waals surface area contributed by atoms with Crippen molar-refractivity contribution in [2.45, 2.75) is 19.9 Å². The van der Waals surface area contributed by atoms with Gasteiger partial charge in [0.15, 0.2) is 10.7 Å². The molecule has 0 atom stereocenters. The van der Waals surface area contributed by atoms with Gasteiger partial charge in [0.2, 0.25) is 0 Å². The van der Waals surface area contributed by atoms with E-state index in [-0.39, 0.29) is 0 Å². The molecular formula is C15H16N4O2S. The van der Waals surface area contributed by atoms with Gasteiger partial charge in [0.1, 0.15) is 11.3 Å². The van der Waals surface area contributed by atoms with Gasteiger partial charge in [-0.15, -0.1) is 11.3 Å². The number of nitrogen functional groups attached to an aromatic ring is 1. The lowest BCUT2D eigenvalue weighted by molar-refractivity contribution is 0.340. The third kappa shape index (κ3) is 2.27. The van der Waals surface area contributed by atoms with E-state index < -0.39 is 0 Å². The standard InChI is InChI=1S/C15H16N4O2S/c1-2-20-9-3-4-12-11(7-9)18-15(21-12)19-6-5-10-13(8-19)22-14(16)17-10/h3-4,7H,2,5-6,8H2,1H3,(H2,16,17). The van der Waals surface area contributed by atoms with Crippen LogP contribution >= 0.6 is 11.3 Å². The number of thiazole rings is 1. The lowest BCUT2D eigenvalue weighted by Gasteiger charge is -2.23. The van der Waals surface area contributed by atoms with Crippen molar-refractivity contribution < 1.29 is 9.15 Å². The second kappa shape index (κ2) is 5.17. The van der Waals surface area contributed by atoms with E-state index in [0.717, 1.165) is 42.1 Å². The number of oxazole rings is 1. The summed E-state index contributed by atoms with van der Waals surface area (Å²) in [6, 6.07) is 6.35. The van der Waals surface area contributed by atoms with Gasteiger partial charge < -0.3 is 19.8 Å². The van der Waals surface area contributed by atoms with E-state index in [2.05, 4.69) is 14.9 Å². The summed E-state index contributed by atoms with van der Waals surface area (Å²) in [7, 11) is 0. The van der Waals surface area contributed by atoms with Crippen molar-refractivity contribution in [3.63, 3.8) is 0 Å². The quantitative estimate of drug-likeness (QED) is 0.800. The Morgan fingerprint density at radius 2 is 2.32 bits per heavy atom. The topological polar surface area (TPSA) is 77.4 Å². The van der Waals surface area contributed by atoms with Crippen molar-refractivity contribution in [2.75, 3.05) is 23.8 Å². The maximum Gasteiger partial charge on any atom is 0.298 e.